The molecule has 4 rings (SSSR count). The number of hydrogen-bond acceptors (Lipinski definition) is 2. The van der Waals surface area contributed by atoms with Gasteiger partial charge in [0, 0.05) is 17.1 Å². The van der Waals surface area contributed by atoms with Gasteiger partial charge in [-0.15, -0.1) is 10.2 Å². The van der Waals surface area contributed by atoms with Crippen molar-refractivity contribution in [3.8, 4) is 11.4 Å². The molecule has 20 heavy (non-hydrogen) atoms. The first-order valence-corrected chi connectivity index (χ1v) is 6.63. The van der Waals surface area contributed by atoms with Crippen LogP contribution in [0.25, 0.3) is 27.8 Å². The van der Waals surface area contributed by atoms with Gasteiger partial charge in [0.15, 0.2) is 11.5 Å². The highest BCUT2D eigenvalue weighted by molar-refractivity contribution is 5.94. The first kappa shape index (κ1) is 11.2. The SMILES string of the molecule is Cc1ccccc1-c1nnc2c3ccccc3ccn12. The summed E-state index contributed by atoms with van der Waals surface area (Å²) in [4.78, 5) is 0. The number of aryl methyl sites for hydroxylation is 1. The molecule has 0 bridgehead atoms. The van der Waals surface area contributed by atoms with Crippen LogP contribution in [-0.2, 0) is 0 Å². The number of hydrogen-bond donors (Lipinski definition) is 0. The zero-order valence-electron chi connectivity index (χ0n) is 11.1. The van der Waals surface area contributed by atoms with Crippen molar-refractivity contribution in [3.05, 3.63) is 66.4 Å². The van der Waals surface area contributed by atoms with Crippen LogP contribution in [0.5, 0.6) is 0 Å². The Morgan fingerprint density at radius 2 is 1.65 bits per heavy atom. The average molecular weight is 259 g/mol. The molecule has 0 saturated carbocycles. The standard InChI is InChI=1S/C17H13N3/c1-12-6-2-4-8-14(12)16-18-19-17-15-9-5-3-7-13(15)10-11-20(16)17/h2-11H,1H3. The largest absolute Gasteiger partial charge is 0.282 e. The molecule has 2 aromatic heterocycles. The second-order valence-electron chi connectivity index (χ2n) is 4.94. The Labute approximate surface area is 116 Å². The topological polar surface area (TPSA) is 30.2 Å². The number of rotatable bonds is 1. The Balaban J connectivity index is 2.08. The lowest BCUT2D eigenvalue weighted by molar-refractivity contribution is 1.11. The summed E-state index contributed by atoms with van der Waals surface area (Å²) < 4.78 is 2.06. The zero-order chi connectivity index (χ0) is 13.5. The van der Waals surface area contributed by atoms with Crippen LogP contribution in [0, 0.1) is 6.92 Å². The van der Waals surface area contributed by atoms with Gasteiger partial charge in [-0.3, -0.25) is 4.40 Å². The monoisotopic (exact) mass is 259 g/mol. The summed E-state index contributed by atoms with van der Waals surface area (Å²) in [6.07, 6.45) is 2.04. The van der Waals surface area contributed by atoms with Crippen molar-refractivity contribution < 1.29 is 0 Å². The minimum atomic E-state index is 0.892. The Morgan fingerprint density at radius 3 is 2.55 bits per heavy atom. The van der Waals surface area contributed by atoms with Crippen LogP contribution in [-0.4, -0.2) is 14.6 Å². The molecule has 0 unspecified atom stereocenters. The first-order valence-electron chi connectivity index (χ1n) is 6.63. The van der Waals surface area contributed by atoms with Gasteiger partial charge in [-0.05, 0) is 23.9 Å². The fraction of sp³-hybridized carbons (Fsp3) is 0.0588. The zero-order valence-corrected chi connectivity index (χ0v) is 11.1. The summed E-state index contributed by atoms with van der Waals surface area (Å²) in [5.41, 5.74) is 3.23. The van der Waals surface area contributed by atoms with Gasteiger partial charge in [-0.2, -0.15) is 0 Å². The quantitative estimate of drug-likeness (QED) is 0.519. The normalized spacial score (nSPS) is 11.2. The summed E-state index contributed by atoms with van der Waals surface area (Å²) in [6.45, 7) is 2.09. The van der Waals surface area contributed by atoms with E-state index in [0.29, 0.717) is 0 Å². The van der Waals surface area contributed by atoms with E-state index in [1.54, 1.807) is 0 Å². The second kappa shape index (κ2) is 4.17. The lowest BCUT2D eigenvalue weighted by Gasteiger charge is -2.04. The number of pyridine rings is 1. The highest BCUT2D eigenvalue weighted by Gasteiger charge is 2.11. The second-order valence-corrected chi connectivity index (χ2v) is 4.94. The van der Waals surface area contributed by atoms with Gasteiger partial charge >= 0.3 is 0 Å². The van der Waals surface area contributed by atoms with E-state index in [0.717, 1.165) is 22.4 Å². The van der Waals surface area contributed by atoms with Gasteiger partial charge in [0.1, 0.15) is 0 Å². The maximum Gasteiger partial charge on any atom is 0.168 e. The van der Waals surface area contributed by atoms with Crippen LogP contribution in [0.15, 0.2) is 60.8 Å². The molecule has 0 atom stereocenters. The van der Waals surface area contributed by atoms with E-state index in [1.807, 2.05) is 30.5 Å². The van der Waals surface area contributed by atoms with Crippen LogP contribution >= 0.6 is 0 Å². The fourth-order valence-electron chi connectivity index (χ4n) is 2.62. The molecule has 3 nitrogen and oxygen atoms in total. The van der Waals surface area contributed by atoms with Gasteiger partial charge in [0.25, 0.3) is 0 Å². The predicted octanol–water partition coefficient (Wildman–Crippen LogP) is 3.86. The summed E-state index contributed by atoms with van der Waals surface area (Å²) in [7, 11) is 0. The minimum Gasteiger partial charge on any atom is -0.282 e. The van der Waals surface area contributed by atoms with Crippen molar-refractivity contribution >= 4 is 16.4 Å². The third-order valence-corrected chi connectivity index (χ3v) is 3.69. The molecular formula is C17H13N3. The molecule has 0 radical (unpaired) electrons. The minimum absolute atomic E-state index is 0.892. The molecule has 96 valence electrons. The molecule has 0 aliphatic heterocycles. The van der Waals surface area contributed by atoms with Gasteiger partial charge in [-0.1, -0.05) is 48.5 Å². The predicted molar refractivity (Wildman–Crippen MR) is 80.7 cm³/mol. The summed E-state index contributed by atoms with van der Waals surface area (Å²) >= 11 is 0. The molecule has 0 saturated heterocycles. The lowest BCUT2D eigenvalue weighted by atomic mass is 10.1. The third-order valence-electron chi connectivity index (χ3n) is 3.69. The molecule has 2 heterocycles. The number of benzene rings is 2. The van der Waals surface area contributed by atoms with Crippen LogP contribution < -0.4 is 0 Å². The molecule has 3 heteroatoms. The van der Waals surface area contributed by atoms with Gasteiger partial charge < -0.3 is 0 Å². The Bertz CT molecular complexity index is 922. The molecule has 0 aliphatic carbocycles. The fourth-order valence-corrected chi connectivity index (χ4v) is 2.62. The van der Waals surface area contributed by atoms with E-state index in [1.165, 1.54) is 10.9 Å². The number of aromatic nitrogens is 3. The van der Waals surface area contributed by atoms with Gasteiger partial charge in [0.2, 0.25) is 0 Å². The smallest absolute Gasteiger partial charge is 0.168 e. The van der Waals surface area contributed by atoms with E-state index in [9.17, 15) is 0 Å². The maximum atomic E-state index is 4.39. The molecule has 4 aromatic rings. The summed E-state index contributed by atoms with van der Waals surface area (Å²) in [6, 6.07) is 18.6. The van der Waals surface area contributed by atoms with Crippen LogP contribution in [0.2, 0.25) is 0 Å². The molecular weight excluding hydrogens is 246 g/mol. The average Bonchev–Trinajstić information content (AvgIpc) is 2.92. The van der Waals surface area contributed by atoms with Gasteiger partial charge in [0.05, 0.1) is 0 Å². The van der Waals surface area contributed by atoms with Crippen molar-refractivity contribution in [3.63, 3.8) is 0 Å². The van der Waals surface area contributed by atoms with Crippen LogP contribution in [0.1, 0.15) is 5.56 Å². The Morgan fingerprint density at radius 1 is 0.850 bits per heavy atom. The van der Waals surface area contributed by atoms with E-state index >= 15 is 0 Å². The first-order chi connectivity index (χ1) is 9.84. The Hall–Kier alpha value is -2.68. The number of nitrogens with zero attached hydrogens (tertiary/aromatic N) is 3. The lowest BCUT2D eigenvalue weighted by Crippen LogP contribution is -1.91. The molecule has 0 fully saturated rings. The van der Waals surface area contributed by atoms with Crippen molar-refractivity contribution in [2.45, 2.75) is 6.92 Å². The van der Waals surface area contributed by atoms with Gasteiger partial charge in [-0.25, -0.2) is 0 Å². The summed E-state index contributed by atoms with van der Waals surface area (Å²) in [5.74, 6) is 0.892. The molecule has 2 aromatic carbocycles. The van der Waals surface area contributed by atoms with Crippen molar-refractivity contribution in [1.29, 1.82) is 0 Å². The molecule has 0 spiro atoms. The summed E-state index contributed by atoms with van der Waals surface area (Å²) in [5, 5.41) is 11.1. The van der Waals surface area contributed by atoms with E-state index in [4.69, 9.17) is 0 Å². The molecule has 0 amide bonds. The highest BCUT2D eigenvalue weighted by atomic mass is 15.2. The Kier molecular flexibility index (Phi) is 2.33. The maximum absolute atomic E-state index is 4.39. The number of fused-ring (bicyclic) bond motifs is 3. The molecule has 0 aliphatic rings. The van der Waals surface area contributed by atoms with Crippen molar-refractivity contribution in [2.24, 2.45) is 0 Å². The molecule has 0 N–H and O–H groups in total. The van der Waals surface area contributed by atoms with Crippen molar-refractivity contribution in [1.82, 2.24) is 14.6 Å². The highest BCUT2D eigenvalue weighted by Crippen LogP contribution is 2.25. The van der Waals surface area contributed by atoms with Crippen LogP contribution in [0.4, 0.5) is 0 Å². The van der Waals surface area contributed by atoms with E-state index < -0.39 is 0 Å². The van der Waals surface area contributed by atoms with Crippen molar-refractivity contribution in [2.75, 3.05) is 0 Å². The van der Waals surface area contributed by atoms with Crippen LogP contribution in [0.3, 0.4) is 0 Å². The van der Waals surface area contributed by atoms with E-state index in [-0.39, 0.29) is 0 Å². The van der Waals surface area contributed by atoms with E-state index in [2.05, 4.69) is 51.9 Å². The third kappa shape index (κ3) is 1.53.